The summed E-state index contributed by atoms with van der Waals surface area (Å²) in [5.74, 6) is 0.527. The maximum atomic E-state index is 12.3. The number of hydrogen-bond acceptors (Lipinski definition) is 2. The Hall–Kier alpha value is -1.06. The zero-order valence-corrected chi connectivity index (χ0v) is 15.2. The van der Waals surface area contributed by atoms with E-state index < -0.39 is 0 Å². The highest BCUT2D eigenvalue weighted by atomic mass is 35.5. The molecule has 3 nitrogen and oxygen atoms in total. The summed E-state index contributed by atoms with van der Waals surface area (Å²) in [4.78, 5) is 12.3. The smallest absolute Gasteiger partial charge is 0.220 e. The molecule has 2 rings (SSSR count). The molecule has 1 aromatic rings. The van der Waals surface area contributed by atoms with E-state index in [2.05, 4.69) is 43.4 Å². The van der Waals surface area contributed by atoms with Crippen LogP contribution in [-0.2, 0) is 10.2 Å². The number of carbonyl (C=O) groups excluding carboxylic acids is 1. The summed E-state index contributed by atoms with van der Waals surface area (Å²) in [5, 5.41) is 3.18. The van der Waals surface area contributed by atoms with E-state index in [0.29, 0.717) is 18.9 Å². The van der Waals surface area contributed by atoms with Crippen LogP contribution in [0.5, 0.6) is 0 Å². The maximum absolute atomic E-state index is 12.3. The number of nitrogens with two attached hydrogens (primary N) is 1. The molecular formula is C19H31ClN2O. The molecule has 0 aliphatic heterocycles. The second-order valence-electron chi connectivity index (χ2n) is 6.69. The van der Waals surface area contributed by atoms with Gasteiger partial charge in [0.15, 0.2) is 0 Å². The average Bonchev–Trinajstić information content (AvgIpc) is 2.95. The predicted octanol–water partition coefficient (Wildman–Crippen LogP) is 3.80. The lowest BCUT2D eigenvalue weighted by Crippen LogP contribution is -2.41. The Balaban J connectivity index is 0.00000264. The first-order valence-corrected chi connectivity index (χ1v) is 8.69. The number of nitrogens with one attached hydrogen (secondary N) is 1. The quantitative estimate of drug-likeness (QED) is 0.794. The van der Waals surface area contributed by atoms with E-state index in [9.17, 15) is 4.79 Å². The summed E-state index contributed by atoms with van der Waals surface area (Å²) in [7, 11) is 0. The molecule has 0 saturated heterocycles. The average molecular weight is 339 g/mol. The summed E-state index contributed by atoms with van der Waals surface area (Å²) in [5.41, 5.74) is 7.43. The SMILES string of the molecule is CCC(CC)(CNC(=O)C[C@@H]1CCC[C@H]1N)c1ccccc1.Cl. The topological polar surface area (TPSA) is 55.1 Å². The van der Waals surface area contributed by atoms with Crippen LogP contribution in [0.3, 0.4) is 0 Å². The molecule has 0 spiro atoms. The molecule has 1 aliphatic rings. The van der Waals surface area contributed by atoms with Crippen LogP contribution in [0.2, 0.25) is 0 Å². The van der Waals surface area contributed by atoms with Crippen molar-refractivity contribution in [1.82, 2.24) is 5.32 Å². The van der Waals surface area contributed by atoms with Gasteiger partial charge in [-0.25, -0.2) is 0 Å². The summed E-state index contributed by atoms with van der Waals surface area (Å²) in [6.07, 6.45) is 5.96. The highest BCUT2D eigenvalue weighted by Crippen LogP contribution is 2.31. The molecule has 0 radical (unpaired) electrons. The van der Waals surface area contributed by atoms with Gasteiger partial charge < -0.3 is 11.1 Å². The molecule has 1 fully saturated rings. The molecule has 0 unspecified atom stereocenters. The van der Waals surface area contributed by atoms with Gasteiger partial charge in [-0.3, -0.25) is 4.79 Å². The van der Waals surface area contributed by atoms with Crippen LogP contribution < -0.4 is 11.1 Å². The fraction of sp³-hybridized carbons (Fsp3) is 0.632. The minimum Gasteiger partial charge on any atom is -0.355 e. The van der Waals surface area contributed by atoms with Crippen LogP contribution >= 0.6 is 12.4 Å². The summed E-state index contributed by atoms with van der Waals surface area (Å²) in [6.45, 7) is 5.12. The van der Waals surface area contributed by atoms with Crippen LogP contribution in [0.25, 0.3) is 0 Å². The van der Waals surface area contributed by atoms with Crippen molar-refractivity contribution >= 4 is 18.3 Å². The number of carbonyl (C=O) groups is 1. The third kappa shape index (κ3) is 4.95. The van der Waals surface area contributed by atoms with Gasteiger partial charge in [0.25, 0.3) is 0 Å². The normalized spacial score (nSPS) is 20.8. The third-order valence-corrected chi connectivity index (χ3v) is 5.53. The van der Waals surface area contributed by atoms with Gasteiger partial charge in [-0.15, -0.1) is 12.4 Å². The summed E-state index contributed by atoms with van der Waals surface area (Å²) in [6, 6.07) is 10.8. The first-order valence-electron chi connectivity index (χ1n) is 8.69. The second-order valence-corrected chi connectivity index (χ2v) is 6.69. The van der Waals surface area contributed by atoms with E-state index >= 15 is 0 Å². The molecule has 3 N–H and O–H groups in total. The molecule has 130 valence electrons. The molecule has 0 heterocycles. The van der Waals surface area contributed by atoms with Crippen LogP contribution in [0, 0.1) is 5.92 Å². The lowest BCUT2D eigenvalue weighted by Gasteiger charge is -2.33. The van der Waals surface area contributed by atoms with Crippen molar-refractivity contribution in [3.8, 4) is 0 Å². The highest BCUT2D eigenvalue weighted by molar-refractivity contribution is 5.85. The predicted molar refractivity (Wildman–Crippen MR) is 98.9 cm³/mol. The van der Waals surface area contributed by atoms with Gasteiger partial charge in [-0.2, -0.15) is 0 Å². The molecular weight excluding hydrogens is 308 g/mol. The number of hydrogen-bond donors (Lipinski definition) is 2. The molecule has 4 heteroatoms. The van der Waals surface area contributed by atoms with Crippen LogP contribution in [0.4, 0.5) is 0 Å². The summed E-state index contributed by atoms with van der Waals surface area (Å²) < 4.78 is 0. The van der Waals surface area contributed by atoms with Crippen molar-refractivity contribution in [3.63, 3.8) is 0 Å². The van der Waals surface area contributed by atoms with Crippen molar-refractivity contribution in [1.29, 1.82) is 0 Å². The van der Waals surface area contributed by atoms with Crippen LogP contribution in [0.15, 0.2) is 30.3 Å². The largest absolute Gasteiger partial charge is 0.355 e. The van der Waals surface area contributed by atoms with Gasteiger partial charge in [0.2, 0.25) is 5.91 Å². The van der Waals surface area contributed by atoms with Gasteiger partial charge in [0.05, 0.1) is 0 Å². The molecule has 1 aliphatic carbocycles. The molecule has 1 aromatic carbocycles. The molecule has 0 bridgehead atoms. The van der Waals surface area contributed by atoms with E-state index in [1.165, 1.54) is 5.56 Å². The van der Waals surface area contributed by atoms with Crippen molar-refractivity contribution in [2.75, 3.05) is 6.54 Å². The third-order valence-electron chi connectivity index (χ3n) is 5.53. The number of benzene rings is 1. The van der Waals surface area contributed by atoms with Gasteiger partial charge in [-0.1, -0.05) is 50.6 Å². The van der Waals surface area contributed by atoms with E-state index in [-0.39, 0.29) is 29.8 Å². The van der Waals surface area contributed by atoms with Crippen molar-refractivity contribution in [2.24, 2.45) is 11.7 Å². The zero-order valence-electron chi connectivity index (χ0n) is 14.4. The molecule has 0 aromatic heterocycles. The minimum absolute atomic E-state index is 0. The Labute approximate surface area is 146 Å². The second kappa shape index (κ2) is 9.29. The van der Waals surface area contributed by atoms with Crippen molar-refractivity contribution in [3.05, 3.63) is 35.9 Å². The fourth-order valence-corrected chi connectivity index (χ4v) is 3.70. The highest BCUT2D eigenvalue weighted by Gasteiger charge is 2.30. The Bertz CT molecular complexity index is 474. The minimum atomic E-state index is 0. The first-order chi connectivity index (χ1) is 10.6. The zero-order chi connectivity index (χ0) is 16.0. The lowest BCUT2D eigenvalue weighted by atomic mass is 9.75. The maximum Gasteiger partial charge on any atom is 0.220 e. The van der Waals surface area contributed by atoms with Crippen molar-refractivity contribution in [2.45, 2.75) is 63.8 Å². The Morgan fingerprint density at radius 1 is 1.22 bits per heavy atom. The van der Waals surface area contributed by atoms with Gasteiger partial charge in [-0.05, 0) is 37.2 Å². The van der Waals surface area contributed by atoms with Crippen LogP contribution in [-0.4, -0.2) is 18.5 Å². The first kappa shape index (κ1) is 20.0. The number of amides is 1. The number of rotatable bonds is 7. The summed E-state index contributed by atoms with van der Waals surface area (Å²) >= 11 is 0. The van der Waals surface area contributed by atoms with Gasteiger partial charge in [0.1, 0.15) is 0 Å². The Morgan fingerprint density at radius 3 is 2.39 bits per heavy atom. The standard InChI is InChI=1S/C19H30N2O.ClH/c1-3-19(4-2,16-10-6-5-7-11-16)14-21-18(22)13-15-9-8-12-17(15)20;/h5-7,10-11,15,17H,3-4,8-9,12-14,20H2,1-2H3,(H,21,22);1H/t15-,17+;/m0./s1. The number of halogens is 1. The van der Waals surface area contributed by atoms with Gasteiger partial charge >= 0.3 is 0 Å². The van der Waals surface area contributed by atoms with Gasteiger partial charge in [0, 0.05) is 24.4 Å². The Morgan fingerprint density at radius 2 is 1.87 bits per heavy atom. The molecule has 23 heavy (non-hydrogen) atoms. The van der Waals surface area contributed by atoms with Crippen molar-refractivity contribution < 1.29 is 4.79 Å². The molecule has 2 atom stereocenters. The molecule has 1 amide bonds. The van der Waals surface area contributed by atoms with E-state index in [1.54, 1.807) is 0 Å². The van der Waals surface area contributed by atoms with E-state index in [4.69, 9.17) is 5.73 Å². The monoisotopic (exact) mass is 338 g/mol. The van der Waals surface area contributed by atoms with E-state index in [0.717, 1.165) is 32.1 Å². The Kier molecular flexibility index (Phi) is 8.07. The van der Waals surface area contributed by atoms with E-state index in [1.807, 2.05) is 6.07 Å². The van der Waals surface area contributed by atoms with Crippen LogP contribution in [0.1, 0.15) is 57.9 Å². The molecule has 1 saturated carbocycles. The fourth-order valence-electron chi connectivity index (χ4n) is 3.70. The lowest BCUT2D eigenvalue weighted by molar-refractivity contribution is -0.122.